The van der Waals surface area contributed by atoms with Gasteiger partial charge in [0.15, 0.2) is 0 Å². The SMILES string of the molecule is COc1ccc(NC(=O)CCN2CCC(N)C(C)(C)C2)c([N+](=O)[O-])c1. The summed E-state index contributed by atoms with van der Waals surface area (Å²) < 4.78 is 4.99. The van der Waals surface area contributed by atoms with Gasteiger partial charge in [-0.2, -0.15) is 0 Å². The van der Waals surface area contributed by atoms with E-state index in [9.17, 15) is 14.9 Å². The van der Waals surface area contributed by atoms with Crippen LogP contribution in [0, 0.1) is 15.5 Å². The minimum atomic E-state index is -0.535. The minimum absolute atomic E-state index is 0.0174. The highest BCUT2D eigenvalue weighted by molar-refractivity contribution is 5.93. The summed E-state index contributed by atoms with van der Waals surface area (Å²) in [6.45, 7) is 6.56. The first-order chi connectivity index (χ1) is 11.7. The van der Waals surface area contributed by atoms with Crippen LogP contribution in [-0.4, -0.2) is 48.5 Å². The van der Waals surface area contributed by atoms with Gasteiger partial charge in [0.25, 0.3) is 5.69 Å². The second-order valence-electron chi connectivity index (χ2n) is 7.10. The Morgan fingerprint density at radius 3 is 2.84 bits per heavy atom. The molecule has 3 N–H and O–H groups in total. The fraction of sp³-hybridized carbons (Fsp3) is 0.588. The smallest absolute Gasteiger partial charge is 0.296 e. The molecule has 25 heavy (non-hydrogen) atoms. The van der Waals surface area contributed by atoms with E-state index in [1.807, 2.05) is 0 Å². The lowest BCUT2D eigenvalue weighted by Crippen LogP contribution is -2.52. The molecule has 1 aromatic rings. The zero-order valence-corrected chi connectivity index (χ0v) is 14.9. The Hall–Kier alpha value is -2.19. The molecule has 1 amide bonds. The molecule has 1 fully saturated rings. The van der Waals surface area contributed by atoms with Crippen LogP contribution in [0.4, 0.5) is 11.4 Å². The van der Waals surface area contributed by atoms with Crippen molar-refractivity contribution in [2.24, 2.45) is 11.1 Å². The number of hydrogen-bond acceptors (Lipinski definition) is 6. The highest BCUT2D eigenvalue weighted by atomic mass is 16.6. The maximum Gasteiger partial charge on any atom is 0.296 e. The lowest BCUT2D eigenvalue weighted by Gasteiger charge is -2.42. The number of nitro benzene ring substituents is 1. The summed E-state index contributed by atoms with van der Waals surface area (Å²) >= 11 is 0. The van der Waals surface area contributed by atoms with Gasteiger partial charge >= 0.3 is 0 Å². The number of likely N-dealkylation sites (tertiary alicyclic amines) is 1. The topological polar surface area (TPSA) is 111 Å². The van der Waals surface area contributed by atoms with Gasteiger partial charge in [0.1, 0.15) is 11.4 Å². The Morgan fingerprint density at radius 2 is 2.24 bits per heavy atom. The van der Waals surface area contributed by atoms with Crippen LogP contribution >= 0.6 is 0 Å². The molecular formula is C17H26N4O4. The van der Waals surface area contributed by atoms with Gasteiger partial charge in [-0.05, 0) is 30.5 Å². The molecule has 1 unspecified atom stereocenters. The number of ether oxygens (including phenoxy) is 1. The molecule has 2 rings (SSSR count). The third kappa shape index (κ3) is 4.90. The van der Waals surface area contributed by atoms with Crippen LogP contribution in [0.25, 0.3) is 0 Å². The van der Waals surface area contributed by atoms with Crippen LogP contribution in [0.15, 0.2) is 18.2 Å². The molecule has 0 aromatic heterocycles. The second kappa shape index (κ2) is 7.79. The lowest BCUT2D eigenvalue weighted by molar-refractivity contribution is -0.384. The van der Waals surface area contributed by atoms with Crippen molar-refractivity contribution in [3.63, 3.8) is 0 Å². The van der Waals surface area contributed by atoms with Crippen LogP contribution in [0.1, 0.15) is 26.7 Å². The predicted octanol–water partition coefficient (Wildman–Crippen LogP) is 1.99. The average molecular weight is 350 g/mol. The molecule has 1 saturated heterocycles. The summed E-state index contributed by atoms with van der Waals surface area (Å²) in [6, 6.07) is 4.53. The molecule has 0 bridgehead atoms. The fourth-order valence-corrected chi connectivity index (χ4v) is 3.04. The first-order valence-corrected chi connectivity index (χ1v) is 8.33. The average Bonchev–Trinajstić information content (AvgIpc) is 2.56. The quantitative estimate of drug-likeness (QED) is 0.599. The van der Waals surface area contributed by atoms with Crippen molar-refractivity contribution in [2.75, 3.05) is 32.1 Å². The van der Waals surface area contributed by atoms with Crippen molar-refractivity contribution >= 4 is 17.3 Å². The molecule has 1 heterocycles. The summed E-state index contributed by atoms with van der Waals surface area (Å²) in [6.07, 6.45) is 1.17. The largest absolute Gasteiger partial charge is 0.496 e. The molecule has 0 saturated carbocycles. The highest BCUT2D eigenvalue weighted by Gasteiger charge is 2.33. The Balaban J connectivity index is 1.94. The van der Waals surface area contributed by atoms with Gasteiger partial charge in [-0.3, -0.25) is 14.9 Å². The van der Waals surface area contributed by atoms with Crippen LogP contribution in [-0.2, 0) is 4.79 Å². The molecule has 1 atom stereocenters. The van der Waals surface area contributed by atoms with Crippen LogP contribution in [0.5, 0.6) is 5.75 Å². The number of rotatable bonds is 6. The molecule has 8 heteroatoms. The van der Waals surface area contributed by atoms with Crippen LogP contribution < -0.4 is 15.8 Å². The maximum absolute atomic E-state index is 12.2. The molecule has 0 spiro atoms. The van der Waals surface area contributed by atoms with E-state index < -0.39 is 4.92 Å². The van der Waals surface area contributed by atoms with Gasteiger partial charge in [-0.15, -0.1) is 0 Å². The number of piperidine rings is 1. The van der Waals surface area contributed by atoms with Gasteiger partial charge in [0, 0.05) is 25.6 Å². The molecule has 0 aliphatic carbocycles. The third-order valence-corrected chi connectivity index (χ3v) is 4.72. The zero-order valence-electron chi connectivity index (χ0n) is 14.9. The predicted molar refractivity (Wildman–Crippen MR) is 95.7 cm³/mol. The first kappa shape index (κ1) is 19.1. The number of amides is 1. The summed E-state index contributed by atoms with van der Waals surface area (Å²) in [7, 11) is 1.43. The number of nitrogens with two attached hydrogens (primary N) is 1. The van der Waals surface area contributed by atoms with Gasteiger partial charge in [-0.1, -0.05) is 13.8 Å². The number of nitro groups is 1. The van der Waals surface area contributed by atoms with Crippen molar-refractivity contribution < 1.29 is 14.5 Å². The van der Waals surface area contributed by atoms with E-state index in [2.05, 4.69) is 24.1 Å². The van der Waals surface area contributed by atoms with Crippen LogP contribution in [0.2, 0.25) is 0 Å². The zero-order chi connectivity index (χ0) is 18.6. The van der Waals surface area contributed by atoms with Gasteiger partial charge in [0.05, 0.1) is 18.1 Å². The molecule has 0 radical (unpaired) electrons. The van der Waals surface area contributed by atoms with Crippen molar-refractivity contribution in [3.8, 4) is 5.75 Å². The van der Waals surface area contributed by atoms with E-state index in [-0.39, 0.29) is 35.2 Å². The van der Waals surface area contributed by atoms with E-state index in [0.29, 0.717) is 12.3 Å². The van der Waals surface area contributed by atoms with E-state index >= 15 is 0 Å². The number of methoxy groups -OCH3 is 1. The van der Waals surface area contributed by atoms with E-state index in [1.54, 1.807) is 6.07 Å². The Kier molecular flexibility index (Phi) is 5.97. The van der Waals surface area contributed by atoms with Crippen molar-refractivity contribution in [3.05, 3.63) is 28.3 Å². The number of carbonyl (C=O) groups excluding carboxylic acids is 1. The molecule has 1 aliphatic rings. The summed E-state index contributed by atoms with van der Waals surface area (Å²) in [5, 5.41) is 13.8. The first-order valence-electron chi connectivity index (χ1n) is 8.33. The lowest BCUT2D eigenvalue weighted by atomic mass is 9.80. The van der Waals surface area contributed by atoms with Crippen molar-refractivity contribution in [2.45, 2.75) is 32.7 Å². The molecule has 8 nitrogen and oxygen atoms in total. The van der Waals surface area contributed by atoms with Gasteiger partial charge < -0.3 is 20.7 Å². The fourth-order valence-electron chi connectivity index (χ4n) is 3.04. The minimum Gasteiger partial charge on any atom is -0.496 e. The Morgan fingerprint density at radius 1 is 1.52 bits per heavy atom. The van der Waals surface area contributed by atoms with E-state index in [1.165, 1.54) is 19.2 Å². The molecule has 138 valence electrons. The monoisotopic (exact) mass is 350 g/mol. The number of benzene rings is 1. The van der Waals surface area contributed by atoms with Crippen molar-refractivity contribution in [1.29, 1.82) is 0 Å². The second-order valence-corrected chi connectivity index (χ2v) is 7.10. The van der Waals surface area contributed by atoms with Gasteiger partial charge in [-0.25, -0.2) is 0 Å². The van der Waals surface area contributed by atoms with E-state index in [4.69, 9.17) is 10.5 Å². The third-order valence-electron chi connectivity index (χ3n) is 4.72. The summed E-state index contributed by atoms with van der Waals surface area (Å²) in [4.78, 5) is 25.0. The molecule has 1 aliphatic heterocycles. The number of hydrogen-bond donors (Lipinski definition) is 2. The number of anilines is 1. The molecule has 1 aromatic carbocycles. The van der Waals surface area contributed by atoms with Crippen LogP contribution in [0.3, 0.4) is 0 Å². The Bertz CT molecular complexity index is 648. The van der Waals surface area contributed by atoms with E-state index in [0.717, 1.165) is 19.5 Å². The molecular weight excluding hydrogens is 324 g/mol. The van der Waals surface area contributed by atoms with Gasteiger partial charge in [0.2, 0.25) is 5.91 Å². The number of carbonyl (C=O) groups is 1. The number of nitrogens with one attached hydrogen (secondary N) is 1. The maximum atomic E-state index is 12.2. The summed E-state index contributed by atoms with van der Waals surface area (Å²) in [5.74, 6) is 0.123. The van der Waals surface area contributed by atoms with Crippen molar-refractivity contribution in [1.82, 2.24) is 4.90 Å². The summed E-state index contributed by atoms with van der Waals surface area (Å²) in [5.41, 5.74) is 6.13. The Labute approximate surface area is 147 Å². The standard InChI is InChI=1S/C17H26N4O4/c1-17(2)11-20(8-6-15(17)18)9-7-16(22)19-13-5-4-12(25-3)10-14(13)21(23)24/h4-5,10,15H,6-9,11,18H2,1-3H3,(H,19,22). The normalized spacial score (nSPS) is 20.1. The highest BCUT2D eigenvalue weighted by Crippen LogP contribution is 2.30. The number of nitrogens with zero attached hydrogens (tertiary/aromatic N) is 2.